The number of tetrazole rings is 1. The zero-order chi connectivity index (χ0) is 13.6. The summed E-state index contributed by atoms with van der Waals surface area (Å²) in [6, 6.07) is 5.09. The van der Waals surface area contributed by atoms with Gasteiger partial charge in [-0.1, -0.05) is 15.9 Å². The summed E-state index contributed by atoms with van der Waals surface area (Å²) in [6.45, 7) is 0.127. The molecule has 1 amide bonds. The van der Waals surface area contributed by atoms with Gasteiger partial charge in [-0.2, -0.15) is 4.80 Å². The zero-order valence-electron chi connectivity index (χ0n) is 9.87. The first-order chi connectivity index (χ1) is 9.06. The summed E-state index contributed by atoms with van der Waals surface area (Å²) in [5.41, 5.74) is 0.967. The van der Waals surface area contributed by atoms with Crippen LogP contribution in [0.4, 0.5) is 5.69 Å². The summed E-state index contributed by atoms with van der Waals surface area (Å²) >= 11 is 3.32. The van der Waals surface area contributed by atoms with Crippen molar-refractivity contribution in [3.8, 4) is 0 Å². The number of halogens is 1. The minimum atomic E-state index is -0.569. The lowest BCUT2D eigenvalue weighted by Gasteiger charge is -2.13. The number of Topliss-reactive ketones (excluding diaryl/α,β-unsaturated/α-hetero) is 1. The molecule has 0 saturated carbocycles. The lowest BCUT2D eigenvalue weighted by atomic mass is 10.1. The first-order valence-electron chi connectivity index (χ1n) is 5.45. The lowest BCUT2D eigenvalue weighted by molar-refractivity contribution is -0.114. The molecule has 1 aromatic heterocycles. The standard InChI is InChI=1S/C11H8BrN5O2/c1-16-14-9(13-15-16)5-17-8-4-6(12)2-3-7(8)10(18)11(17)19/h2-4H,5H2,1H3. The number of hydrogen-bond donors (Lipinski definition) is 0. The highest BCUT2D eigenvalue weighted by Crippen LogP contribution is 2.32. The quantitative estimate of drug-likeness (QED) is 0.761. The Morgan fingerprint density at radius 1 is 1.32 bits per heavy atom. The van der Waals surface area contributed by atoms with Gasteiger partial charge in [-0.3, -0.25) is 14.5 Å². The number of ketones is 1. The van der Waals surface area contributed by atoms with E-state index in [1.165, 1.54) is 9.70 Å². The Morgan fingerprint density at radius 3 is 2.79 bits per heavy atom. The van der Waals surface area contributed by atoms with Crippen LogP contribution in [0.2, 0.25) is 0 Å². The van der Waals surface area contributed by atoms with Crippen LogP contribution in [0.5, 0.6) is 0 Å². The van der Waals surface area contributed by atoms with E-state index in [2.05, 4.69) is 31.3 Å². The summed E-state index contributed by atoms with van der Waals surface area (Å²) in [4.78, 5) is 26.5. The van der Waals surface area contributed by atoms with Crippen molar-refractivity contribution in [2.45, 2.75) is 6.54 Å². The number of fused-ring (bicyclic) bond motifs is 1. The molecule has 0 radical (unpaired) electrons. The van der Waals surface area contributed by atoms with Gasteiger partial charge in [-0.15, -0.1) is 10.2 Å². The van der Waals surface area contributed by atoms with Crippen LogP contribution in [0.3, 0.4) is 0 Å². The predicted octanol–water partition coefficient (Wildman–Crippen LogP) is 0.702. The van der Waals surface area contributed by atoms with Gasteiger partial charge >= 0.3 is 0 Å². The van der Waals surface area contributed by atoms with Crippen LogP contribution in [-0.2, 0) is 18.4 Å². The SMILES string of the molecule is Cn1nnc(CN2C(=O)C(=O)c3ccc(Br)cc32)n1. The largest absolute Gasteiger partial charge is 0.299 e. The summed E-state index contributed by atoms with van der Waals surface area (Å²) in [5.74, 6) is -0.691. The van der Waals surface area contributed by atoms with Crippen molar-refractivity contribution in [1.82, 2.24) is 20.2 Å². The van der Waals surface area contributed by atoms with Gasteiger partial charge in [0.1, 0.15) is 0 Å². The molecule has 1 aromatic carbocycles. The number of benzene rings is 1. The number of aryl methyl sites for hydroxylation is 1. The molecule has 7 nitrogen and oxygen atoms in total. The Bertz CT molecular complexity index is 696. The van der Waals surface area contributed by atoms with Crippen molar-refractivity contribution >= 4 is 33.3 Å². The zero-order valence-corrected chi connectivity index (χ0v) is 11.5. The molecule has 1 aliphatic rings. The van der Waals surface area contributed by atoms with Gasteiger partial charge in [0.25, 0.3) is 11.7 Å². The van der Waals surface area contributed by atoms with Gasteiger partial charge in [0.05, 0.1) is 24.8 Å². The second kappa shape index (κ2) is 4.23. The molecule has 0 saturated heterocycles. The lowest BCUT2D eigenvalue weighted by Crippen LogP contribution is -2.29. The summed E-state index contributed by atoms with van der Waals surface area (Å²) < 4.78 is 0.797. The molecular weight excluding hydrogens is 314 g/mol. The molecule has 0 fully saturated rings. The number of amides is 1. The molecule has 96 valence electrons. The molecule has 19 heavy (non-hydrogen) atoms. The molecule has 2 heterocycles. The number of rotatable bonds is 2. The Morgan fingerprint density at radius 2 is 2.11 bits per heavy atom. The third-order valence-corrected chi connectivity index (χ3v) is 3.28. The monoisotopic (exact) mass is 321 g/mol. The third-order valence-electron chi connectivity index (χ3n) is 2.78. The second-order valence-electron chi connectivity index (χ2n) is 4.08. The summed E-state index contributed by atoms with van der Waals surface area (Å²) in [5, 5.41) is 11.5. The molecular formula is C11H8BrN5O2. The van der Waals surface area contributed by atoms with E-state index in [9.17, 15) is 9.59 Å². The third kappa shape index (κ3) is 1.93. The maximum absolute atomic E-state index is 12.0. The van der Waals surface area contributed by atoms with Crippen LogP contribution in [-0.4, -0.2) is 31.9 Å². The molecule has 0 atom stereocenters. The van der Waals surface area contributed by atoms with Gasteiger partial charge in [0.15, 0.2) is 5.82 Å². The maximum atomic E-state index is 12.0. The van der Waals surface area contributed by atoms with Crippen LogP contribution in [0.25, 0.3) is 0 Å². The Balaban J connectivity index is 2.01. The average Bonchev–Trinajstić information content (AvgIpc) is 2.88. The predicted molar refractivity (Wildman–Crippen MR) is 68.5 cm³/mol. The van der Waals surface area contributed by atoms with E-state index in [1.54, 1.807) is 25.2 Å². The van der Waals surface area contributed by atoms with Crippen molar-refractivity contribution < 1.29 is 9.59 Å². The fourth-order valence-electron chi connectivity index (χ4n) is 1.95. The van der Waals surface area contributed by atoms with E-state index in [1.807, 2.05) is 0 Å². The minimum absolute atomic E-state index is 0.127. The van der Waals surface area contributed by atoms with Crippen molar-refractivity contribution in [2.24, 2.45) is 7.05 Å². The number of nitrogens with zero attached hydrogens (tertiary/aromatic N) is 5. The van der Waals surface area contributed by atoms with Crippen molar-refractivity contribution in [2.75, 3.05) is 4.90 Å². The molecule has 0 unspecified atom stereocenters. The first kappa shape index (κ1) is 12.0. The highest BCUT2D eigenvalue weighted by molar-refractivity contribution is 9.10. The highest BCUT2D eigenvalue weighted by Gasteiger charge is 2.36. The molecule has 2 aromatic rings. The van der Waals surface area contributed by atoms with Gasteiger partial charge in [-0.05, 0) is 23.4 Å². The van der Waals surface area contributed by atoms with Crippen LogP contribution in [0.1, 0.15) is 16.2 Å². The van der Waals surface area contributed by atoms with Crippen LogP contribution in [0.15, 0.2) is 22.7 Å². The molecule has 0 spiro atoms. The van der Waals surface area contributed by atoms with Gasteiger partial charge < -0.3 is 0 Å². The molecule has 0 bridgehead atoms. The number of anilines is 1. The average molecular weight is 322 g/mol. The van der Waals surface area contributed by atoms with Crippen LogP contribution < -0.4 is 4.90 Å². The number of carbonyl (C=O) groups excluding carboxylic acids is 2. The van der Waals surface area contributed by atoms with E-state index in [0.717, 1.165) is 4.47 Å². The van der Waals surface area contributed by atoms with Crippen LogP contribution >= 0.6 is 15.9 Å². The van der Waals surface area contributed by atoms with E-state index >= 15 is 0 Å². The van der Waals surface area contributed by atoms with Gasteiger partial charge in [0, 0.05) is 4.47 Å². The second-order valence-corrected chi connectivity index (χ2v) is 4.99. The molecule has 0 aliphatic carbocycles. The fraction of sp³-hybridized carbons (Fsp3) is 0.182. The summed E-state index contributed by atoms with van der Waals surface area (Å²) in [6.07, 6.45) is 0. The first-order valence-corrected chi connectivity index (χ1v) is 6.24. The van der Waals surface area contributed by atoms with Gasteiger partial charge in [-0.25, -0.2) is 0 Å². The Kier molecular flexibility index (Phi) is 2.67. The van der Waals surface area contributed by atoms with Crippen molar-refractivity contribution in [3.05, 3.63) is 34.1 Å². The topological polar surface area (TPSA) is 81.0 Å². The van der Waals surface area contributed by atoms with Crippen molar-refractivity contribution in [1.29, 1.82) is 0 Å². The highest BCUT2D eigenvalue weighted by atomic mass is 79.9. The smallest absolute Gasteiger partial charge is 0.297 e. The maximum Gasteiger partial charge on any atom is 0.299 e. The molecule has 3 rings (SSSR count). The molecule has 8 heteroatoms. The number of hydrogen-bond acceptors (Lipinski definition) is 5. The minimum Gasteiger partial charge on any atom is -0.297 e. The van der Waals surface area contributed by atoms with Crippen LogP contribution in [0, 0.1) is 0 Å². The number of carbonyl (C=O) groups is 2. The Hall–Kier alpha value is -2.09. The normalized spacial score (nSPS) is 14.1. The number of aromatic nitrogens is 4. The van der Waals surface area contributed by atoms with E-state index in [0.29, 0.717) is 17.1 Å². The fourth-order valence-corrected chi connectivity index (χ4v) is 2.30. The van der Waals surface area contributed by atoms with E-state index in [-0.39, 0.29) is 6.54 Å². The molecule has 1 aliphatic heterocycles. The molecule has 0 N–H and O–H groups in total. The van der Waals surface area contributed by atoms with E-state index in [4.69, 9.17) is 0 Å². The summed E-state index contributed by atoms with van der Waals surface area (Å²) in [7, 11) is 1.64. The van der Waals surface area contributed by atoms with E-state index < -0.39 is 11.7 Å². The van der Waals surface area contributed by atoms with Crippen molar-refractivity contribution in [3.63, 3.8) is 0 Å². The van der Waals surface area contributed by atoms with Gasteiger partial charge in [0.2, 0.25) is 0 Å². The Labute approximate surface area is 116 Å².